The first-order chi connectivity index (χ1) is 12.4. The molecule has 0 aliphatic carbocycles. The molecule has 1 unspecified atom stereocenters. The third-order valence-corrected chi connectivity index (χ3v) is 4.63. The molecule has 0 amide bonds. The SMILES string of the molecule is C1=C(C(Cc2ccccc2)Cc2ccccc2C2=NCCN2)OCO1. The van der Waals surface area contributed by atoms with Crippen molar-refractivity contribution in [2.45, 2.75) is 12.8 Å². The maximum absolute atomic E-state index is 5.72. The number of ether oxygens (including phenoxy) is 2. The predicted octanol–water partition coefficient (Wildman–Crippen LogP) is 3.28. The van der Waals surface area contributed by atoms with Gasteiger partial charge in [-0.25, -0.2) is 0 Å². The number of rotatable bonds is 6. The van der Waals surface area contributed by atoms with E-state index in [2.05, 4.69) is 58.8 Å². The number of hydrogen-bond donors (Lipinski definition) is 1. The standard InChI is InChI=1S/C21H22N2O2/c1-2-6-16(7-3-1)12-18(20-14-24-15-25-20)13-17-8-4-5-9-19(17)21-22-10-11-23-21/h1-9,14,18H,10-13,15H2,(H,22,23). The van der Waals surface area contributed by atoms with Crippen molar-refractivity contribution < 1.29 is 9.47 Å². The van der Waals surface area contributed by atoms with Crippen LogP contribution in [0.2, 0.25) is 0 Å². The van der Waals surface area contributed by atoms with Gasteiger partial charge in [-0.15, -0.1) is 0 Å². The maximum Gasteiger partial charge on any atom is 0.229 e. The van der Waals surface area contributed by atoms with E-state index in [1.807, 2.05) is 6.07 Å². The Balaban J connectivity index is 1.60. The highest BCUT2D eigenvalue weighted by molar-refractivity contribution is 6.01. The Morgan fingerprint density at radius 1 is 1.00 bits per heavy atom. The Kier molecular flexibility index (Phi) is 4.68. The Bertz CT molecular complexity index is 783. The highest BCUT2D eigenvalue weighted by Gasteiger charge is 2.23. The average Bonchev–Trinajstić information content (AvgIpc) is 3.37. The summed E-state index contributed by atoms with van der Waals surface area (Å²) in [4.78, 5) is 4.59. The summed E-state index contributed by atoms with van der Waals surface area (Å²) >= 11 is 0. The summed E-state index contributed by atoms with van der Waals surface area (Å²) in [6.45, 7) is 2.08. The maximum atomic E-state index is 5.72. The fourth-order valence-electron chi connectivity index (χ4n) is 3.41. The van der Waals surface area contributed by atoms with Gasteiger partial charge in [0.05, 0.1) is 6.54 Å². The lowest BCUT2D eigenvalue weighted by atomic mass is 9.89. The Hall–Kier alpha value is -2.75. The fourth-order valence-corrected chi connectivity index (χ4v) is 3.41. The molecule has 4 rings (SSSR count). The molecule has 25 heavy (non-hydrogen) atoms. The van der Waals surface area contributed by atoms with Gasteiger partial charge in [-0.3, -0.25) is 4.99 Å². The van der Waals surface area contributed by atoms with E-state index >= 15 is 0 Å². The number of benzene rings is 2. The van der Waals surface area contributed by atoms with Crippen LogP contribution < -0.4 is 5.32 Å². The topological polar surface area (TPSA) is 42.9 Å². The molecule has 0 saturated carbocycles. The van der Waals surface area contributed by atoms with E-state index in [9.17, 15) is 0 Å². The van der Waals surface area contributed by atoms with Crippen LogP contribution >= 0.6 is 0 Å². The van der Waals surface area contributed by atoms with Gasteiger partial charge in [-0.1, -0.05) is 54.6 Å². The summed E-state index contributed by atoms with van der Waals surface area (Å²) in [7, 11) is 0. The van der Waals surface area contributed by atoms with Crippen LogP contribution in [0.3, 0.4) is 0 Å². The van der Waals surface area contributed by atoms with Gasteiger partial charge < -0.3 is 14.8 Å². The van der Waals surface area contributed by atoms with E-state index in [0.29, 0.717) is 6.79 Å². The van der Waals surface area contributed by atoms with Crippen LogP contribution in [0.1, 0.15) is 16.7 Å². The number of hydrogen-bond acceptors (Lipinski definition) is 4. The fraction of sp³-hybridized carbons (Fsp3) is 0.286. The van der Waals surface area contributed by atoms with Gasteiger partial charge in [-0.05, 0) is 24.0 Å². The lowest BCUT2D eigenvalue weighted by molar-refractivity contribution is 0.0704. The second kappa shape index (κ2) is 7.43. The lowest BCUT2D eigenvalue weighted by Gasteiger charge is -2.19. The van der Waals surface area contributed by atoms with Gasteiger partial charge in [0.1, 0.15) is 17.9 Å². The largest absolute Gasteiger partial charge is 0.462 e. The van der Waals surface area contributed by atoms with Crippen molar-refractivity contribution >= 4 is 5.84 Å². The van der Waals surface area contributed by atoms with Crippen molar-refractivity contribution in [1.82, 2.24) is 5.32 Å². The number of amidine groups is 1. The molecule has 1 N–H and O–H groups in total. The van der Waals surface area contributed by atoms with Crippen LogP contribution in [0.25, 0.3) is 0 Å². The number of nitrogens with one attached hydrogen (secondary N) is 1. The third-order valence-electron chi connectivity index (χ3n) is 4.63. The molecule has 0 saturated heterocycles. The molecule has 0 bridgehead atoms. The number of allylic oxidation sites excluding steroid dienone is 1. The Labute approximate surface area is 148 Å². The van der Waals surface area contributed by atoms with Crippen LogP contribution in [-0.4, -0.2) is 25.7 Å². The molecule has 2 heterocycles. The summed E-state index contributed by atoms with van der Waals surface area (Å²) in [5, 5.41) is 3.39. The Morgan fingerprint density at radius 2 is 1.84 bits per heavy atom. The summed E-state index contributed by atoms with van der Waals surface area (Å²) in [6.07, 6.45) is 3.58. The normalized spacial score (nSPS) is 17.1. The predicted molar refractivity (Wildman–Crippen MR) is 98.3 cm³/mol. The molecule has 0 aromatic heterocycles. The van der Waals surface area contributed by atoms with Crippen molar-refractivity contribution in [1.29, 1.82) is 0 Å². The molecule has 4 heteroatoms. The van der Waals surface area contributed by atoms with Crippen molar-refractivity contribution in [2.75, 3.05) is 19.9 Å². The van der Waals surface area contributed by atoms with Gasteiger partial charge in [0.15, 0.2) is 0 Å². The molecule has 1 atom stereocenters. The first-order valence-electron chi connectivity index (χ1n) is 8.75. The molecule has 2 aliphatic rings. The van der Waals surface area contributed by atoms with E-state index < -0.39 is 0 Å². The van der Waals surface area contributed by atoms with E-state index in [0.717, 1.165) is 37.5 Å². The lowest BCUT2D eigenvalue weighted by Crippen LogP contribution is -2.22. The van der Waals surface area contributed by atoms with Gasteiger partial charge in [0.25, 0.3) is 0 Å². The molecule has 0 fully saturated rings. The van der Waals surface area contributed by atoms with Crippen molar-refractivity contribution in [2.24, 2.45) is 10.9 Å². The van der Waals surface area contributed by atoms with Gasteiger partial charge in [0.2, 0.25) is 6.79 Å². The first kappa shape index (κ1) is 15.8. The highest BCUT2D eigenvalue weighted by atomic mass is 16.7. The molecular weight excluding hydrogens is 312 g/mol. The minimum Gasteiger partial charge on any atom is -0.462 e. The molecule has 2 aliphatic heterocycles. The van der Waals surface area contributed by atoms with Gasteiger partial charge >= 0.3 is 0 Å². The zero-order chi connectivity index (χ0) is 16.9. The summed E-state index contributed by atoms with van der Waals surface area (Å²) < 4.78 is 11.0. The minimum atomic E-state index is 0.244. The number of nitrogens with zero attached hydrogens (tertiary/aromatic N) is 1. The quantitative estimate of drug-likeness (QED) is 0.881. The Morgan fingerprint density at radius 3 is 2.60 bits per heavy atom. The van der Waals surface area contributed by atoms with E-state index in [4.69, 9.17) is 9.47 Å². The zero-order valence-electron chi connectivity index (χ0n) is 14.2. The summed E-state index contributed by atoms with van der Waals surface area (Å²) in [5.41, 5.74) is 3.78. The minimum absolute atomic E-state index is 0.244. The second-order valence-corrected chi connectivity index (χ2v) is 6.35. The van der Waals surface area contributed by atoms with E-state index in [1.165, 1.54) is 16.7 Å². The summed E-state index contributed by atoms with van der Waals surface area (Å²) in [5.74, 6) is 2.18. The van der Waals surface area contributed by atoms with Crippen molar-refractivity contribution in [3.63, 3.8) is 0 Å². The van der Waals surface area contributed by atoms with Crippen LogP contribution in [0, 0.1) is 5.92 Å². The summed E-state index contributed by atoms with van der Waals surface area (Å²) in [6, 6.07) is 19.0. The van der Waals surface area contributed by atoms with Crippen molar-refractivity contribution in [3.8, 4) is 0 Å². The molecule has 2 aromatic rings. The molecule has 0 radical (unpaired) electrons. The highest BCUT2D eigenvalue weighted by Crippen LogP contribution is 2.27. The van der Waals surface area contributed by atoms with Crippen molar-refractivity contribution in [3.05, 3.63) is 83.3 Å². The first-order valence-corrected chi connectivity index (χ1v) is 8.75. The molecule has 128 valence electrons. The van der Waals surface area contributed by atoms with E-state index in [1.54, 1.807) is 6.26 Å². The third kappa shape index (κ3) is 3.68. The van der Waals surface area contributed by atoms with Crippen LogP contribution in [-0.2, 0) is 22.3 Å². The molecular formula is C21H22N2O2. The average molecular weight is 334 g/mol. The zero-order valence-corrected chi connectivity index (χ0v) is 14.2. The molecule has 2 aromatic carbocycles. The van der Waals surface area contributed by atoms with Crippen LogP contribution in [0.15, 0.2) is 71.6 Å². The van der Waals surface area contributed by atoms with Gasteiger partial charge in [-0.2, -0.15) is 0 Å². The smallest absolute Gasteiger partial charge is 0.229 e. The monoisotopic (exact) mass is 334 g/mol. The van der Waals surface area contributed by atoms with Gasteiger partial charge in [0, 0.05) is 18.0 Å². The number of aliphatic imine (C=N–C) groups is 1. The second-order valence-electron chi connectivity index (χ2n) is 6.35. The molecule has 4 nitrogen and oxygen atoms in total. The van der Waals surface area contributed by atoms with E-state index in [-0.39, 0.29) is 5.92 Å². The van der Waals surface area contributed by atoms with Crippen LogP contribution in [0.4, 0.5) is 0 Å². The van der Waals surface area contributed by atoms with Crippen LogP contribution in [0.5, 0.6) is 0 Å². The molecule has 0 spiro atoms.